The molecule has 1 N–H and O–H groups in total. The van der Waals surface area contributed by atoms with Crippen molar-refractivity contribution in [2.24, 2.45) is 0 Å². The lowest BCUT2D eigenvalue weighted by Gasteiger charge is -2.13. The predicted molar refractivity (Wildman–Crippen MR) is 87.2 cm³/mol. The van der Waals surface area contributed by atoms with Gasteiger partial charge in [0.1, 0.15) is 0 Å². The molecule has 3 rings (SSSR count). The van der Waals surface area contributed by atoms with Gasteiger partial charge in [0.25, 0.3) is 0 Å². The highest BCUT2D eigenvalue weighted by Gasteiger charge is 2.22. The molecule has 0 aromatic heterocycles. The van der Waals surface area contributed by atoms with Crippen LogP contribution >= 0.6 is 0 Å². The molecule has 7 heteroatoms. The summed E-state index contributed by atoms with van der Waals surface area (Å²) in [4.78, 5) is 1.65. The minimum Gasteiger partial charge on any atom is -0.760 e. The average Bonchev–Trinajstić information content (AvgIpc) is 3.02. The zero-order valence-corrected chi connectivity index (χ0v) is 13.5. The minimum absolute atomic E-state index is 0.194. The van der Waals surface area contributed by atoms with Crippen LogP contribution in [0, 0.1) is 22.8 Å². The smallest absolute Gasteiger partial charge is 0.179 e. The summed E-state index contributed by atoms with van der Waals surface area (Å²) in [7, 11) is 0. The van der Waals surface area contributed by atoms with E-state index in [4.69, 9.17) is 10.5 Å². The summed E-state index contributed by atoms with van der Waals surface area (Å²) in [6.45, 7) is 1.24. The molecule has 0 amide bonds. The molecule has 2 aromatic carbocycles. The molecule has 0 spiro atoms. The molecule has 0 saturated carbocycles. The van der Waals surface area contributed by atoms with Gasteiger partial charge in [0.2, 0.25) is 0 Å². The first-order valence-corrected chi connectivity index (χ1v) is 8.31. The Bertz CT molecular complexity index is 881. The summed E-state index contributed by atoms with van der Waals surface area (Å²) >= 11 is -2.33. The molecule has 1 heterocycles. The Labute approximate surface area is 142 Å². The van der Waals surface area contributed by atoms with Gasteiger partial charge < -0.3 is 9.45 Å². The Morgan fingerprint density at radius 3 is 2.58 bits per heavy atom. The quantitative estimate of drug-likeness (QED) is 0.678. The van der Waals surface area contributed by atoms with Gasteiger partial charge in [-0.3, -0.25) is 4.21 Å². The molecular formula is C17H13N4O2S-. The van der Waals surface area contributed by atoms with E-state index < -0.39 is 11.3 Å². The number of rotatable bonds is 4. The number of benzene rings is 2. The number of nitrogens with one attached hydrogen (secondary N) is 1. The van der Waals surface area contributed by atoms with Gasteiger partial charge in [0.15, 0.2) is 6.19 Å². The van der Waals surface area contributed by atoms with E-state index in [0.29, 0.717) is 18.7 Å². The van der Waals surface area contributed by atoms with E-state index in [1.54, 1.807) is 17.0 Å². The fraction of sp³-hybridized carbons (Fsp3) is 0.176. The molecule has 2 aromatic rings. The van der Waals surface area contributed by atoms with Crippen LogP contribution in [0.25, 0.3) is 11.1 Å². The second kappa shape index (κ2) is 6.81. The van der Waals surface area contributed by atoms with Gasteiger partial charge in [0.05, 0.1) is 24.7 Å². The number of hydrogen-bond acceptors (Lipinski definition) is 5. The highest BCUT2D eigenvalue weighted by atomic mass is 32.2. The van der Waals surface area contributed by atoms with E-state index >= 15 is 0 Å². The van der Waals surface area contributed by atoms with Crippen molar-refractivity contribution in [1.29, 1.82) is 10.5 Å². The van der Waals surface area contributed by atoms with Crippen LogP contribution in [-0.2, 0) is 30.9 Å². The van der Waals surface area contributed by atoms with Gasteiger partial charge in [-0.25, -0.2) is 4.72 Å². The van der Waals surface area contributed by atoms with Crippen molar-refractivity contribution in [1.82, 2.24) is 9.62 Å². The van der Waals surface area contributed by atoms with Crippen LogP contribution in [-0.4, -0.2) is 13.7 Å². The van der Waals surface area contributed by atoms with Crippen molar-refractivity contribution in [3.8, 4) is 23.4 Å². The van der Waals surface area contributed by atoms with Gasteiger partial charge in [-0.05, 0) is 46.0 Å². The summed E-state index contributed by atoms with van der Waals surface area (Å²) in [5.41, 5.74) is 5.39. The van der Waals surface area contributed by atoms with Gasteiger partial charge in [0, 0.05) is 17.8 Å². The molecule has 0 radical (unpaired) electrons. The van der Waals surface area contributed by atoms with Crippen LogP contribution in [0.3, 0.4) is 0 Å². The maximum atomic E-state index is 10.7. The molecule has 120 valence electrons. The van der Waals surface area contributed by atoms with Crippen molar-refractivity contribution >= 4 is 11.3 Å². The molecule has 0 saturated heterocycles. The monoisotopic (exact) mass is 337 g/mol. The Morgan fingerprint density at radius 2 is 1.96 bits per heavy atom. The van der Waals surface area contributed by atoms with Gasteiger partial charge >= 0.3 is 0 Å². The zero-order valence-electron chi connectivity index (χ0n) is 12.7. The fourth-order valence-electron chi connectivity index (χ4n) is 2.88. The third-order valence-electron chi connectivity index (χ3n) is 3.97. The Morgan fingerprint density at radius 1 is 1.21 bits per heavy atom. The van der Waals surface area contributed by atoms with Gasteiger partial charge in [-0.15, -0.1) is 0 Å². The molecule has 1 aliphatic heterocycles. The molecule has 6 nitrogen and oxygen atoms in total. The molecule has 1 atom stereocenters. The van der Waals surface area contributed by atoms with E-state index in [9.17, 15) is 8.76 Å². The molecule has 1 unspecified atom stereocenters. The minimum atomic E-state index is -2.33. The molecule has 1 aliphatic rings. The number of nitrogens with zero attached hydrogens (tertiary/aromatic N) is 3. The molecule has 0 bridgehead atoms. The third kappa shape index (κ3) is 3.29. The number of nitriles is 2. The van der Waals surface area contributed by atoms with Crippen molar-refractivity contribution in [3.63, 3.8) is 0 Å². The molecule has 0 fully saturated rings. The summed E-state index contributed by atoms with van der Waals surface area (Å²) in [6.07, 6.45) is 2.15. The first kappa shape index (κ1) is 16.2. The van der Waals surface area contributed by atoms with Gasteiger partial charge in [-0.1, -0.05) is 18.2 Å². The standard InChI is InChI=1S/C17H14N4O2S/c18-7-12-1-3-14(4-2-12)16-6-13(8-20-24(22)23)5-15-9-21(11-19)10-17(15)16/h1-6,20H,8-10H2,(H,22,23)/p-1. The first-order chi connectivity index (χ1) is 11.6. The largest absolute Gasteiger partial charge is 0.760 e. The highest BCUT2D eigenvalue weighted by molar-refractivity contribution is 7.77. The lowest BCUT2D eigenvalue weighted by atomic mass is 9.94. The first-order valence-electron chi connectivity index (χ1n) is 7.23. The van der Waals surface area contributed by atoms with E-state index in [2.05, 4.69) is 17.0 Å². The fourth-order valence-corrected chi connectivity index (χ4v) is 3.16. The predicted octanol–water partition coefficient (Wildman–Crippen LogP) is 1.91. The van der Waals surface area contributed by atoms with E-state index in [1.165, 1.54) is 0 Å². The van der Waals surface area contributed by atoms with Crippen LogP contribution in [0.2, 0.25) is 0 Å². The van der Waals surface area contributed by atoms with Crippen LogP contribution in [0.5, 0.6) is 0 Å². The Balaban J connectivity index is 2.04. The third-order valence-corrected chi connectivity index (χ3v) is 4.35. The average molecular weight is 337 g/mol. The zero-order chi connectivity index (χ0) is 17.1. The second-order valence-electron chi connectivity index (χ2n) is 5.48. The van der Waals surface area contributed by atoms with Crippen molar-refractivity contribution in [3.05, 3.63) is 58.7 Å². The maximum absolute atomic E-state index is 10.7. The van der Waals surface area contributed by atoms with E-state index in [1.807, 2.05) is 24.3 Å². The lowest BCUT2D eigenvalue weighted by molar-refractivity contribution is 0.417. The van der Waals surface area contributed by atoms with Crippen LogP contribution in [0.1, 0.15) is 22.3 Å². The molecular weight excluding hydrogens is 324 g/mol. The van der Waals surface area contributed by atoms with Crippen molar-refractivity contribution in [2.75, 3.05) is 0 Å². The van der Waals surface area contributed by atoms with Gasteiger partial charge in [-0.2, -0.15) is 10.5 Å². The highest BCUT2D eigenvalue weighted by Crippen LogP contribution is 2.34. The van der Waals surface area contributed by atoms with Crippen LogP contribution in [0.15, 0.2) is 36.4 Å². The SMILES string of the molecule is N#Cc1ccc(-c2cc(CNS(=O)[O-])cc3c2CN(C#N)C3)cc1. The van der Waals surface area contributed by atoms with Crippen LogP contribution < -0.4 is 4.72 Å². The normalized spacial score (nSPS) is 13.9. The molecule has 24 heavy (non-hydrogen) atoms. The summed E-state index contributed by atoms with van der Waals surface area (Å²) in [6, 6.07) is 13.2. The maximum Gasteiger partial charge on any atom is 0.179 e. The topological polar surface area (TPSA) is 103 Å². The van der Waals surface area contributed by atoms with Crippen molar-refractivity contribution < 1.29 is 8.76 Å². The van der Waals surface area contributed by atoms with Crippen LogP contribution in [0.4, 0.5) is 0 Å². The van der Waals surface area contributed by atoms with E-state index in [0.717, 1.165) is 27.8 Å². The number of fused-ring (bicyclic) bond motifs is 1. The summed E-state index contributed by atoms with van der Waals surface area (Å²) < 4.78 is 23.8. The Hall–Kier alpha value is -2.71. The summed E-state index contributed by atoms with van der Waals surface area (Å²) in [5, 5.41) is 18.1. The lowest BCUT2D eigenvalue weighted by Crippen LogP contribution is -2.15. The molecule has 0 aliphatic carbocycles. The van der Waals surface area contributed by atoms with E-state index in [-0.39, 0.29) is 6.54 Å². The van der Waals surface area contributed by atoms with Crippen molar-refractivity contribution in [2.45, 2.75) is 19.6 Å². The Kier molecular flexibility index (Phi) is 4.59. The summed E-state index contributed by atoms with van der Waals surface area (Å²) in [5.74, 6) is 0. The number of hydrogen-bond donors (Lipinski definition) is 1. The second-order valence-corrected chi connectivity index (χ2v) is 6.24.